The van der Waals surface area contributed by atoms with Crippen LogP contribution >= 0.6 is 0 Å². The van der Waals surface area contributed by atoms with E-state index in [2.05, 4.69) is 6.07 Å². The van der Waals surface area contributed by atoms with Crippen molar-refractivity contribution in [1.29, 1.82) is 5.26 Å². The van der Waals surface area contributed by atoms with Crippen molar-refractivity contribution < 1.29 is 4.42 Å². The molecular formula is C11H11N3O. The summed E-state index contributed by atoms with van der Waals surface area (Å²) in [6.07, 6.45) is 3.44. The van der Waals surface area contributed by atoms with Gasteiger partial charge in [0, 0.05) is 12.7 Å². The second kappa shape index (κ2) is 4.03. The molecule has 0 aliphatic carbocycles. The first kappa shape index (κ1) is 9.56. The third-order valence-corrected chi connectivity index (χ3v) is 2.32. The van der Waals surface area contributed by atoms with Gasteiger partial charge in [0.25, 0.3) is 0 Å². The van der Waals surface area contributed by atoms with E-state index in [0.717, 1.165) is 5.76 Å². The molecular weight excluding hydrogens is 190 g/mol. The molecule has 0 saturated heterocycles. The number of nitriles is 1. The summed E-state index contributed by atoms with van der Waals surface area (Å²) in [5.41, 5.74) is 6.27. The Labute approximate surface area is 87.5 Å². The fourth-order valence-corrected chi connectivity index (χ4v) is 1.61. The van der Waals surface area contributed by atoms with Crippen molar-refractivity contribution in [3.8, 4) is 6.07 Å². The average molecular weight is 201 g/mol. The number of rotatable bonds is 3. The quantitative estimate of drug-likeness (QED) is 0.818. The van der Waals surface area contributed by atoms with Crippen molar-refractivity contribution in [3.63, 3.8) is 0 Å². The van der Waals surface area contributed by atoms with E-state index in [1.165, 1.54) is 0 Å². The van der Waals surface area contributed by atoms with Crippen molar-refractivity contribution >= 4 is 0 Å². The molecule has 15 heavy (non-hydrogen) atoms. The number of aromatic nitrogens is 1. The van der Waals surface area contributed by atoms with E-state index in [0.29, 0.717) is 12.2 Å². The van der Waals surface area contributed by atoms with Crippen LogP contribution in [0.5, 0.6) is 0 Å². The summed E-state index contributed by atoms with van der Waals surface area (Å²) in [6.45, 7) is 0.400. The summed E-state index contributed by atoms with van der Waals surface area (Å²) in [6, 6.07) is 9.26. The van der Waals surface area contributed by atoms with Crippen LogP contribution in [0.3, 0.4) is 0 Å². The van der Waals surface area contributed by atoms with Crippen LogP contribution in [-0.4, -0.2) is 11.1 Å². The standard InChI is InChI=1S/C11H11N3O/c12-7-9-3-1-5-14(9)10(8-13)11-4-2-6-15-11/h1-6,10H,8,13H2. The molecule has 2 rings (SSSR count). The molecule has 1 atom stereocenters. The monoisotopic (exact) mass is 201 g/mol. The van der Waals surface area contributed by atoms with Gasteiger partial charge in [-0.3, -0.25) is 0 Å². The number of furan rings is 1. The Kier molecular flexibility index (Phi) is 2.57. The van der Waals surface area contributed by atoms with Crippen molar-refractivity contribution in [2.24, 2.45) is 5.73 Å². The SMILES string of the molecule is N#Cc1cccn1C(CN)c1ccco1. The summed E-state index contributed by atoms with van der Waals surface area (Å²) < 4.78 is 7.12. The predicted molar refractivity (Wildman–Crippen MR) is 55.0 cm³/mol. The molecule has 4 nitrogen and oxygen atoms in total. The molecule has 2 aromatic heterocycles. The molecule has 1 unspecified atom stereocenters. The number of nitrogens with two attached hydrogens (primary N) is 1. The minimum Gasteiger partial charge on any atom is -0.467 e. The van der Waals surface area contributed by atoms with Gasteiger partial charge in [-0.1, -0.05) is 0 Å². The summed E-state index contributed by atoms with van der Waals surface area (Å²) in [7, 11) is 0. The third kappa shape index (κ3) is 1.65. The zero-order chi connectivity index (χ0) is 10.7. The number of hydrogen-bond donors (Lipinski definition) is 1. The molecule has 0 aliphatic heterocycles. The van der Waals surface area contributed by atoms with Gasteiger partial charge < -0.3 is 14.7 Å². The first-order valence-electron chi connectivity index (χ1n) is 4.67. The summed E-state index contributed by atoms with van der Waals surface area (Å²) in [5.74, 6) is 0.769. The molecule has 2 heterocycles. The molecule has 0 fully saturated rings. The van der Waals surface area contributed by atoms with Crippen LogP contribution in [0.1, 0.15) is 17.5 Å². The zero-order valence-corrected chi connectivity index (χ0v) is 8.13. The molecule has 76 valence electrons. The van der Waals surface area contributed by atoms with Crippen LogP contribution < -0.4 is 5.73 Å². The van der Waals surface area contributed by atoms with Gasteiger partial charge in [-0.05, 0) is 24.3 Å². The Morgan fingerprint density at radius 3 is 2.93 bits per heavy atom. The van der Waals surface area contributed by atoms with Gasteiger partial charge in [0.2, 0.25) is 0 Å². The third-order valence-electron chi connectivity index (χ3n) is 2.32. The Morgan fingerprint density at radius 2 is 2.33 bits per heavy atom. The molecule has 0 aromatic carbocycles. The van der Waals surface area contributed by atoms with E-state index >= 15 is 0 Å². The Bertz CT molecular complexity index is 464. The molecule has 2 aromatic rings. The minimum atomic E-state index is -0.107. The first-order chi connectivity index (χ1) is 7.36. The van der Waals surface area contributed by atoms with Crippen LogP contribution in [-0.2, 0) is 0 Å². The van der Waals surface area contributed by atoms with Crippen LogP contribution in [0.15, 0.2) is 41.1 Å². The predicted octanol–water partition coefficient (Wildman–Crippen LogP) is 1.50. The molecule has 4 heteroatoms. The Hall–Kier alpha value is -1.99. The summed E-state index contributed by atoms with van der Waals surface area (Å²) in [5, 5.41) is 8.91. The van der Waals surface area contributed by atoms with E-state index in [9.17, 15) is 0 Å². The Morgan fingerprint density at radius 1 is 1.47 bits per heavy atom. The highest BCUT2D eigenvalue weighted by atomic mass is 16.3. The lowest BCUT2D eigenvalue weighted by atomic mass is 10.2. The molecule has 0 saturated carbocycles. The van der Waals surface area contributed by atoms with Crippen LogP contribution in [0.25, 0.3) is 0 Å². The lowest BCUT2D eigenvalue weighted by molar-refractivity contribution is 0.431. The highest BCUT2D eigenvalue weighted by Crippen LogP contribution is 2.19. The van der Waals surface area contributed by atoms with E-state index < -0.39 is 0 Å². The van der Waals surface area contributed by atoms with E-state index in [1.807, 2.05) is 29.0 Å². The smallest absolute Gasteiger partial charge is 0.127 e. The fraction of sp³-hybridized carbons (Fsp3) is 0.182. The highest BCUT2D eigenvalue weighted by Gasteiger charge is 2.16. The van der Waals surface area contributed by atoms with Gasteiger partial charge in [0.05, 0.1) is 6.26 Å². The normalized spacial score (nSPS) is 12.3. The second-order valence-electron chi connectivity index (χ2n) is 3.18. The summed E-state index contributed by atoms with van der Waals surface area (Å²) in [4.78, 5) is 0. The maximum Gasteiger partial charge on any atom is 0.127 e. The topological polar surface area (TPSA) is 67.9 Å². The van der Waals surface area contributed by atoms with Gasteiger partial charge in [-0.2, -0.15) is 5.26 Å². The molecule has 0 aliphatic rings. The Balaban J connectivity index is 2.40. The molecule has 0 bridgehead atoms. The van der Waals surface area contributed by atoms with E-state index in [-0.39, 0.29) is 6.04 Å². The van der Waals surface area contributed by atoms with Gasteiger partial charge >= 0.3 is 0 Å². The van der Waals surface area contributed by atoms with Crippen LogP contribution in [0.4, 0.5) is 0 Å². The highest BCUT2D eigenvalue weighted by molar-refractivity contribution is 5.25. The largest absolute Gasteiger partial charge is 0.467 e. The lowest BCUT2D eigenvalue weighted by Crippen LogP contribution is -2.20. The van der Waals surface area contributed by atoms with E-state index in [1.54, 1.807) is 12.3 Å². The average Bonchev–Trinajstić information content (AvgIpc) is 2.89. The van der Waals surface area contributed by atoms with Gasteiger partial charge in [-0.25, -0.2) is 0 Å². The fourth-order valence-electron chi connectivity index (χ4n) is 1.61. The zero-order valence-electron chi connectivity index (χ0n) is 8.13. The minimum absolute atomic E-state index is 0.107. The number of hydrogen-bond acceptors (Lipinski definition) is 3. The van der Waals surface area contributed by atoms with Gasteiger partial charge in [0.15, 0.2) is 0 Å². The molecule has 2 N–H and O–H groups in total. The van der Waals surface area contributed by atoms with Gasteiger partial charge in [0.1, 0.15) is 23.6 Å². The maximum atomic E-state index is 8.91. The lowest BCUT2D eigenvalue weighted by Gasteiger charge is -2.15. The first-order valence-corrected chi connectivity index (χ1v) is 4.67. The van der Waals surface area contributed by atoms with Crippen LogP contribution in [0.2, 0.25) is 0 Å². The second-order valence-corrected chi connectivity index (χ2v) is 3.18. The molecule has 0 radical (unpaired) electrons. The van der Waals surface area contributed by atoms with Crippen molar-refractivity contribution in [1.82, 2.24) is 4.57 Å². The summed E-state index contributed by atoms with van der Waals surface area (Å²) >= 11 is 0. The van der Waals surface area contributed by atoms with Crippen molar-refractivity contribution in [3.05, 3.63) is 48.2 Å². The van der Waals surface area contributed by atoms with Crippen LogP contribution in [0, 0.1) is 11.3 Å². The molecule has 0 spiro atoms. The maximum absolute atomic E-state index is 8.91. The van der Waals surface area contributed by atoms with Gasteiger partial charge in [-0.15, -0.1) is 0 Å². The molecule has 0 amide bonds. The van der Waals surface area contributed by atoms with E-state index in [4.69, 9.17) is 15.4 Å². The van der Waals surface area contributed by atoms with Crippen molar-refractivity contribution in [2.45, 2.75) is 6.04 Å². The number of nitrogens with zero attached hydrogens (tertiary/aromatic N) is 2. The van der Waals surface area contributed by atoms with Crippen molar-refractivity contribution in [2.75, 3.05) is 6.54 Å².